The predicted molar refractivity (Wildman–Crippen MR) is 107 cm³/mol. The van der Waals surface area contributed by atoms with Gasteiger partial charge in [0, 0.05) is 18.5 Å². The standard InChI is InChI=1S/C22H33NO5/c1-6-8-22(3,4)11-16-19(21(24)26-7-2)15(12-23-16)14-9-17(25-5)20-18(10-14)27-13-28-20/h9-10,15-16,19,23H,6-8,11-13H2,1-5H3. The summed E-state index contributed by atoms with van der Waals surface area (Å²) in [5.74, 6) is 1.58. The van der Waals surface area contributed by atoms with Crippen LogP contribution in [0.4, 0.5) is 0 Å². The van der Waals surface area contributed by atoms with E-state index in [1.807, 2.05) is 19.1 Å². The number of nitrogens with one attached hydrogen (secondary N) is 1. The summed E-state index contributed by atoms with van der Waals surface area (Å²) in [6.07, 6.45) is 3.19. The Balaban J connectivity index is 1.90. The van der Waals surface area contributed by atoms with Crippen molar-refractivity contribution in [2.75, 3.05) is 27.1 Å². The number of carbonyl (C=O) groups excluding carboxylic acids is 1. The normalized spacial score (nSPS) is 23.7. The molecule has 0 bridgehead atoms. The number of methoxy groups -OCH3 is 1. The molecule has 0 saturated carbocycles. The van der Waals surface area contributed by atoms with Crippen LogP contribution in [-0.4, -0.2) is 39.1 Å². The molecule has 1 saturated heterocycles. The van der Waals surface area contributed by atoms with Crippen molar-refractivity contribution in [3.63, 3.8) is 0 Å². The van der Waals surface area contributed by atoms with Crippen molar-refractivity contribution < 1.29 is 23.7 Å². The molecule has 3 rings (SSSR count). The third-order valence-electron chi connectivity index (χ3n) is 5.83. The molecule has 3 atom stereocenters. The zero-order valence-corrected chi connectivity index (χ0v) is 17.7. The van der Waals surface area contributed by atoms with E-state index in [4.69, 9.17) is 18.9 Å². The lowest BCUT2D eigenvalue weighted by Gasteiger charge is -2.31. The van der Waals surface area contributed by atoms with E-state index in [0.717, 1.165) is 31.4 Å². The molecule has 2 aliphatic rings. The van der Waals surface area contributed by atoms with Crippen molar-refractivity contribution in [3.05, 3.63) is 17.7 Å². The van der Waals surface area contributed by atoms with Gasteiger partial charge < -0.3 is 24.3 Å². The summed E-state index contributed by atoms with van der Waals surface area (Å²) < 4.78 is 22.1. The van der Waals surface area contributed by atoms with Gasteiger partial charge in [-0.25, -0.2) is 0 Å². The number of carbonyl (C=O) groups is 1. The van der Waals surface area contributed by atoms with Gasteiger partial charge in [0.25, 0.3) is 0 Å². The van der Waals surface area contributed by atoms with Gasteiger partial charge in [0.05, 0.1) is 19.6 Å². The van der Waals surface area contributed by atoms with Crippen LogP contribution in [0.1, 0.15) is 58.4 Å². The number of ether oxygens (including phenoxy) is 4. The third kappa shape index (κ3) is 4.22. The highest BCUT2D eigenvalue weighted by atomic mass is 16.7. The first-order valence-corrected chi connectivity index (χ1v) is 10.3. The highest BCUT2D eigenvalue weighted by Crippen LogP contribution is 2.46. The number of benzene rings is 1. The van der Waals surface area contributed by atoms with Gasteiger partial charge in [-0.3, -0.25) is 4.79 Å². The van der Waals surface area contributed by atoms with E-state index in [0.29, 0.717) is 23.9 Å². The van der Waals surface area contributed by atoms with Gasteiger partial charge in [0.2, 0.25) is 12.5 Å². The molecule has 1 N–H and O–H groups in total. The van der Waals surface area contributed by atoms with Crippen LogP contribution < -0.4 is 19.5 Å². The van der Waals surface area contributed by atoms with E-state index in [2.05, 4.69) is 26.1 Å². The molecule has 0 radical (unpaired) electrons. The molecule has 0 spiro atoms. The average Bonchev–Trinajstić information content (AvgIpc) is 3.27. The molecule has 0 amide bonds. The Morgan fingerprint density at radius 2 is 2.07 bits per heavy atom. The molecule has 2 heterocycles. The predicted octanol–water partition coefficient (Wildman–Crippen LogP) is 3.88. The second-order valence-electron chi connectivity index (χ2n) is 8.47. The Hall–Kier alpha value is -1.95. The molecular formula is C22H33NO5. The van der Waals surface area contributed by atoms with E-state index in [1.165, 1.54) is 0 Å². The number of esters is 1. The number of fused-ring (bicyclic) bond motifs is 1. The van der Waals surface area contributed by atoms with Gasteiger partial charge in [-0.15, -0.1) is 0 Å². The molecule has 2 aliphatic heterocycles. The molecular weight excluding hydrogens is 358 g/mol. The zero-order chi connectivity index (χ0) is 20.3. The van der Waals surface area contributed by atoms with Crippen molar-refractivity contribution in [3.8, 4) is 17.2 Å². The van der Waals surface area contributed by atoms with Crippen LogP contribution >= 0.6 is 0 Å². The van der Waals surface area contributed by atoms with Crippen molar-refractivity contribution in [1.82, 2.24) is 5.32 Å². The van der Waals surface area contributed by atoms with Gasteiger partial charge in [0.15, 0.2) is 11.5 Å². The van der Waals surface area contributed by atoms with Crippen LogP contribution in [-0.2, 0) is 9.53 Å². The van der Waals surface area contributed by atoms with Crippen LogP contribution in [0.2, 0.25) is 0 Å². The van der Waals surface area contributed by atoms with Gasteiger partial charge in [-0.1, -0.05) is 27.2 Å². The summed E-state index contributed by atoms with van der Waals surface area (Å²) in [7, 11) is 1.62. The largest absolute Gasteiger partial charge is 0.493 e. The Bertz CT molecular complexity index is 702. The Kier molecular flexibility index (Phi) is 6.38. The fourth-order valence-corrected chi connectivity index (χ4v) is 4.64. The molecule has 1 fully saturated rings. The number of hydrogen-bond acceptors (Lipinski definition) is 6. The summed E-state index contributed by atoms with van der Waals surface area (Å²) in [4.78, 5) is 12.9. The third-order valence-corrected chi connectivity index (χ3v) is 5.83. The first-order valence-electron chi connectivity index (χ1n) is 10.3. The van der Waals surface area contributed by atoms with Crippen LogP contribution in [0.15, 0.2) is 12.1 Å². The Morgan fingerprint density at radius 1 is 1.29 bits per heavy atom. The Labute approximate surface area is 167 Å². The highest BCUT2D eigenvalue weighted by molar-refractivity contribution is 5.75. The fraction of sp³-hybridized carbons (Fsp3) is 0.682. The van der Waals surface area contributed by atoms with Crippen molar-refractivity contribution >= 4 is 5.97 Å². The minimum Gasteiger partial charge on any atom is -0.493 e. The van der Waals surface area contributed by atoms with Crippen molar-refractivity contribution in [2.45, 2.75) is 58.9 Å². The van der Waals surface area contributed by atoms with Gasteiger partial charge in [-0.05, 0) is 42.9 Å². The lowest BCUT2D eigenvalue weighted by molar-refractivity contribution is -0.149. The van der Waals surface area contributed by atoms with Gasteiger partial charge in [-0.2, -0.15) is 0 Å². The second kappa shape index (κ2) is 8.60. The summed E-state index contributed by atoms with van der Waals surface area (Å²) >= 11 is 0. The van der Waals surface area contributed by atoms with E-state index in [1.54, 1.807) is 7.11 Å². The molecule has 1 aromatic rings. The number of hydrogen-bond donors (Lipinski definition) is 1. The molecule has 156 valence electrons. The molecule has 1 aromatic carbocycles. The summed E-state index contributed by atoms with van der Waals surface area (Å²) in [5.41, 5.74) is 1.18. The second-order valence-corrected chi connectivity index (χ2v) is 8.47. The molecule has 6 heteroatoms. The first-order chi connectivity index (χ1) is 13.4. The summed E-state index contributed by atoms with van der Waals surface area (Å²) in [6.45, 7) is 9.90. The quantitative estimate of drug-likeness (QED) is 0.679. The maximum atomic E-state index is 12.9. The summed E-state index contributed by atoms with van der Waals surface area (Å²) in [5, 5.41) is 3.60. The maximum absolute atomic E-state index is 12.9. The molecule has 0 aromatic heterocycles. The van der Waals surface area contributed by atoms with Gasteiger partial charge >= 0.3 is 5.97 Å². The SMILES string of the molecule is CCCC(C)(C)CC1NCC(c2cc(OC)c3c(c2)OCO3)C1C(=O)OCC. The van der Waals surface area contributed by atoms with Crippen molar-refractivity contribution in [1.29, 1.82) is 0 Å². The average molecular weight is 392 g/mol. The zero-order valence-electron chi connectivity index (χ0n) is 17.7. The van der Waals surface area contributed by atoms with Crippen LogP contribution in [0.5, 0.6) is 17.2 Å². The fourth-order valence-electron chi connectivity index (χ4n) is 4.64. The topological polar surface area (TPSA) is 66.0 Å². The van der Waals surface area contributed by atoms with E-state index >= 15 is 0 Å². The van der Waals surface area contributed by atoms with Gasteiger partial charge in [0.1, 0.15) is 0 Å². The molecule has 6 nitrogen and oxygen atoms in total. The summed E-state index contributed by atoms with van der Waals surface area (Å²) in [6, 6.07) is 4.02. The molecule has 3 unspecified atom stereocenters. The van der Waals surface area contributed by atoms with E-state index in [9.17, 15) is 4.79 Å². The maximum Gasteiger partial charge on any atom is 0.311 e. The van der Waals surface area contributed by atoms with Crippen LogP contribution in [0.25, 0.3) is 0 Å². The van der Waals surface area contributed by atoms with Crippen LogP contribution in [0, 0.1) is 11.3 Å². The smallest absolute Gasteiger partial charge is 0.311 e. The van der Waals surface area contributed by atoms with E-state index in [-0.39, 0.29) is 36.1 Å². The minimum atomic E-state index is -0.235. The monoisotopic (exact) mass is 391 g/mol. The van der Waals surface area contributed by atoms with Crippen molar-refractivity contribution in [2.24, 2.45) is 11.3 Å². The molecule has 0 aliphatic carbocycles. The first kappa shape index (κ1) is 20.8. The lowest BCUT2D eigenvalue weighted by atomic mass is 9.76. The number of rotatable bonds is 8. The molecule has 28 heavy (non-hydrogen) atoms. The minimum absolute atomic E-state index is 0.00452. The Morgan fingerprint density at radius 3 is 2.75 bits per heavy atom. The van der Waals surface area contributed by atoms with Crippen LogP contribution in [0.3, 0.4) is 0 Å². The lowest BCUT2D eigenvalue weighted by Crippen LogP contribution is -2.37. The van der Waals surface area contributed by atoms with E-state index < -0.39 is 0 Å². The highest BCUT2D eigenvalue weighted by Gasteiger charge is 2.45.